The monoisotopic (exact) mass is 386 g/mol. The molecule has 0 aliphatic carbocycles. The van der Waals surface area contributed by atoms with Crippen molar-refractivity contribution < 1.29 is 31.8 Å². The Morgan fingerprint density at radius 2 is 1.89 bits per heavy atom. The Labute approximate surface area is 153 Å². The van der Waals surface area contributed by atoms with Crippen molar-refractivity contribution in [1.29, 1.82) is 0 Å². The van der Waals surface area contributed by atoms with Crippen LogP contribution in [-0.2, 0) is 6.42 Å². The van der Waals surface area contributed by atoms with Gasteiger partial charge in [-0.3, -0.25) is 0 Å². The number of methoxy groups -OCH3 is 1. The van der Waals surface area contributed by atoms with Crippen molar-refractivity contribution in [3.63, 3.8) is 0 Å². The molecule has 0 atom stereocenters. The van der Waals surface area contributed by atoms with Gasteiger partial charge in [0.05, 0.1) is 7.11 Å². The van der Waals surface area contributed by atoms with Gasteiger partial charge in [0.2, 0.25) is 0 Å². The van der Waals surface area contributed by atoms with E-state index in [-0.39, 0.29) is 29.5 Å². The van der Waals surface area contributed by atoms with Crippen molar-refractivity contribution in [1.82, 2.24) is 5.32 Å². The second-order valence-electron chi connectivity index (χ2n) is 5.53. The molecule has 0 saturated carbocycles. The van der Waals surface area contributed by atoms with Crippen LogP contribution in [0.4, 0.5) is 28.0 Å². The molecular weight excluding hydrogens is 368 g/mol. The fourth-order valence-electron chi connectivity index (χ4n) is 2.21. The molecule has 2 rings (SSSR count). The summed E-state index contributed by atoms with van der Waals surface area (Å²) < 4.78 is 59.7. The fourth-order valence-corrected chi connectivity index (χ4v) is 2.21. The van der Waals surface area contributed by atoms with Crippen LogP contribution < -0.4 is 20.1 Å². The van der Waals surface area contributed by atoms with Crippen LogP contribution in [0.5, 0.6) is 11.5 Å². The maximum Gasteiger partial charge on any atom is 0.422 e. The number of amides is 2. The molecular formula is C18H18F4N2O3. The van der Waals surface area contributed by atoms with Gasteiger partial charge in [-0.15, -0.1) is 0 Å². The zero-order valence-corrected chi connectivity index (χ0v) is 14.4. The molecule has 0 spiro atoms. The van der Waals surface area contributed by atoms with Crippen LogP contribution >= 0.6 is 0 Å². The van der Waals surface area contributed by atoms with E-state index >= 15 is 0 Å². The predicted molar refractivity (Wildman–Crippen MR) is 91.7 cm³/mol. The summed E-state index contributed by atoms with van der Waals surface area (Å²) in [6.45, 7) is -1.23. The summed E-state index contributed by atoms with van der Waals surface area (Å²) in [6.07, 6.45) is -4.07. The lowest BCUT2D eigenvalue weighted by atomic mass is 10.1. The molecule has 0 saturated heterocycles. The standard InChI is InChI=1S/C18H18F4N2O3/c1-26-15-6-5-14(10-16(15)27-11-18(20,21)22)24-17(25)23-8-7-12-3-2-4-13(19)9-12/h2-6,9-10H,7-8,11H2,1H3,(H2,23,24,25). The first-order chi connectivity index (χ1) is 12.8. The molecule has 0 radical (unpaired) electrons. The largest absolute Gasteiger partial charge is 0.493 e. The molecule has 146 valence electrons. The summed E-state index contributed by atoms with van der Waals surface area (Å²) in [4.78, 5) is 11.9. The molecule has 0 aliphatic heterocycles. The molecule has 2 amide bonds. The highest BCUT2D eigenvalue weighted by Gasteiger charge is 2.29. The number of hydrogen-bond acceptors (Lipinski definition) is 3. The van der Waals surface area contributed by atoms with Crippen molar-refractivity contribution in [3.05, 3.63) is 53.8 Å². The van der Waals surface area contributed by atoms with E-state index < -0.39 is 18.8 Å². The van der Waals surface area contributed by atoms with E-state index in [0.29, 0.717) is 6.42 Å². The van der Waals surface area contributed by atoms with E-state index in [9.17, 15) is 22.4 Å². The third kappa shape index (κ3) is 7.04. The number of carbonyl (C=O) groups excluding carboxylic acids is 1. The van der Waals surface area contributed by atoms with Gasteiger partial charge in [-0.2, -0.15) is 13.2 Å². The van der Waals surface area contributed by atoms with Crippen LogP contribution in [0.1, 0.15) is 5.56 Å². The quantitative estimate of drug-likeness (QED) is 0.704. The molecule has 0 fully saturated rings. The van der Waals surface area contributed by atoms with Gasteiger partial charge in [-0.1, -0.05) is 12.1 Å². The average molecular weight is 386 g/mol. The number of ether oxygens (including phenoxy) is 2. The number of benzene rings is 2. The van der Waals surface area contributed by atoms with Crippen molar-refractivity contribution in [2.75, 3.05) is 25.6 Å². The minimum Gasteiger partial charge on any atom is -0.493 e. The number of nitrogens with one attached hydrogen (secondary N) is 2. The first kappa shape index (κ1) is 20.3. The highest BCUT2D eigenvalue weighted by atomic mass is 19.4. The number of anilines is 1. The maximum absolute atomic E-state index is 13.1. The SMILES string of the molecule is COc1ccc(NC(=O)NCCc2cccc(F)c2)cc1OCC(F)(F)F. The first-order valence-corrected chi connectivity index (χ1v) is 7.94. The van der Waals surface area contributed by atoms with E-state index in [1.165, 1.54) is 37.4 Å². The van der Waals surface area contributed by atoms with Gasteiger partial charge in [0.1, 0.15) is 5.82 Å². The van der Waals surface area contributed by atoms with Gasteiger partial charge in [0, 0.05) is 18.3 Å². The lowest BCUT2D eigenvalue weighted by Gasteiger charge is -2.14. The Balaban J connectivity index is 1.90. The Bertz CT molecular complexity index is 781. The number of urea groups is 1. The van der Waals surface area contributed by atoms with E-state index in [0.717, 1.165) is 5.56 Å². The van der Waals surface area contributed by atoms with E-state index in [1.54, 1.807) is 12.1 Å². The topological polar surface area (TPSA) is 59.6 Å². The molecule has 0 aliphatic rings. The molecule has 2 aromatic rings. The highest BCUT2D eigenvalue weighted by Crippen LogP contribution is 2.31. The summed E-state index contributed by atoms with van der Waals surface area (Å²) >= 11 is 0. The van der Waals surface area contributed by atoms with Crippen molar-refractivity contribution >= 4 is 11.7 Å². The number of alkyl halides is 3. The van der Waals surface area contributed by atoms with Gasteiger partial charge in [0.25, 0.3) is 0 Å². The van der Waals surface area contributed by atoms with Crippen LogP contribution in [0.3, 0.4) is 0 Å². The Kier molecular flexibility index (Phi) is 6.86. The predicted octanol–water partition coefficient (Wildman–Crippen LogP) is 4.14. The maximum atomic E-state index is 13.1. The van der Waals surface area contributed by atoms with Crippen molar-refractivity contribution in [2.45, 2.75) is 12.6 Å². The second kappa shape index (κ2) is 9.11. The van der Waals surface area contributed by atoms with E-state index in [1.807, 2.05) is 0 Å². The molecule has 9 heteroatoms. The zero-order chi connectivity index (χ0) is 19.9. The molecule has 27 heavy (non-hydrogen) atoms. The minimum atomic E-state index is -4.50. The summed E-state index contributed by atoms with van der Waals surface area (Å²) in [5.41, 5.74) is 0.957. The van der Waals surface area contributed by atoms with E-state index in [4.69, 9.17) is 9.47 Å². The number of rotatable bonds is 7. The molecule has 2 N–H and O–H groups in total. The van der Waals surface area contributed by atoms with Crippen molar-refractivity contribution in [2.24, 2.45) is 0 Å². The Morgan fingerprint density at radius 3 is 2.56 bits per heavy atom. The first-order valence-electron chi connectivity index (χ1n) is 7.94. The summed E-state index contributed by atoms with van der Waals surface area (Å²) in [6, 6.07) is 9.52. The van der Waals surface area contributed by atoms with Crippen LogP contribution in [0.25, 0.3) is 0 Å². The van der Waals surface area contributed by atoms with Crippen LogP contribution in [-0.4, -0.2) is 32.5 Å². The minimum absolute atomic E-state index is 0.108. The lowest BCUT2D eigenvalue weighted by molar-refractivity contribution is -0.153. The van der Waals surface area contributed by atoms with Crippen molar-refractivity contribution in [3.8, 4) is 11.5 Å². The average Bonchev–Trinajstić information content (AvgIpc) is 2.59. The van der Waals surface area contributed by atoms with Gasteiger partial charge >= 0.3 is 12.2 Å². The third-order valence-corrected chi connectivity index (χ3v) is 3.40. The molecule has 2 aromatic carbocycles. The Hall–Kier alpha value is -2.97. The van der Waals surface area contributed by atoms with Crippen LogP contribution in [0.15, 0.2) is 42.5 Å². The normalized spacial score (nSPS) is 11.0. The molecule has 0 heterocycles. The molecule has 5 nitrogen and oxygen atoms in total. The van der Waals surface area contributed by atoms with Crippen LogP contribution in [0, 0.1) is 5.82 Å². The van der Waals surface area contributed by atoms with Crippen LogP contribution in [0.2, 0.25) is 0 Å². The smallest absolute Gasteiger partial charge is 0.422 e. The summed E-state index contributed by atoms with van der Waals surface area (Å²) in [7, 11) is 1.29. The Morgan fingerprint density at radius 1 is 1.11 bits per heavy atom. The summed E-state index contributed by atoms with van der Waals surface area (Å²) in [5, 5.41) is 5.07. The van der Waals surface area contributed by atoms with Gasteiger partial charge in [-0.05, 0) is 36.2 Å². The molecule has 0 unspecified atom stereocenters. The number of carbonyl (C=O) groups is 1. The van der Waals surface area contributed by atoms with Gasteiger partial charge in [-0.25, -0.2) is 9.18 Å². The summed E-state index contributed by atoms with van der Waals surface area (Å²) in [5.74, 6) is -0.398. The molecule has 0 bridgehead atoms. The third-order valence-electron chi connectivity index (χ3n) is 3.40. The van der Waals surface area contributed by atoms with E-state index in [2.05, 4.69) is 10.6 Å². The van der Waals surface area contributed by atoms with Gasteiger partial charge in [0.15, 0.2) is 18.1 Å². The number of hydrogen-bond donors (Lipinski definition) is 2. The highest BCUT2D eigenvalue weighted by molar-refractivity contribution is 5.89. The zero-order valence-electron chi connectivity index (χ0n) is 14.4. The second-order valence-corrected chi connectivity index (χ2v) is 5.53. The number of halogens is 4. The lowest BCUT2D eigenvalue weighted by Crippen LogP contribution is -2.30. The van der Waals surface area contributed by atoms with Gasteiger partial charge < -0.3 is 20.1 Å². The fraction of sp³-hybridized carbons (Fsp3) is 0.278. The molecule has 0 aromatic heterocycles.